The van der Waals surface area contributed by atoms with Gasteiger partial charge in [-0.15, -0.1) is 0 Å². The monoisotopic (exact) mass is 165 g/mol. The number of hydrogen-bond acceptors (Lipinski definition) is 2. The molecule has 66 valence electrons. The number of allylic oxidation sites excluding steroid dienone is 2. The zero-order valence-corrected chi connectivity index (χ0v) is 7.92. The molecule has 0 heterocycles. The molecule has 0 aromatic carbocycles. The van der Waals surface area contributed by atoms with Crippen molar-refractivity contribution in [2.75, 3.05) is 0 Å². The highest BCUT2D eigenvalue weighted by Gasteiger charge is 2.05. The van der Waals surface area contributed by atoms with Gasteiger partial charge in [0.1, 0.15) is 6.07 Å². The second kappa shape index (κ2) is 5.54. The number of ketones is 1. The Morgan fingerprint density at radius 3 is 2.50 bits per heavy atom. The largest absolute Gasteiger partial charge is 0.293 e. The number of rotatable bonds is 4. The molecule has 0 saturated heterocycles. The van der Waals surface area contributed by atoms with Crippen molar-refractivity contribution >= 4 is 5.78 Å². The molecule has 0 aliphatic rings. The fourth-order valence-electron chi connectivity index (χ4n) is 0.766. The average molecular weight is 165 g/mol. The van der Waals surface area contributed by atoms with Crippen LogP contribution in [0.1, 0.15) is 33.6 Å². The first-order valence-electron chi connectivity index (χ1n) is 4.25. The van der Waals surface area contributed by atoms with Crippen LogP contribution in [0.3, 0.4) is 0 Å². The number of Topliss-reactive ketones (excluding diaryl/α,β-unsaturated/α-hetero) is 1. The first kappa shape index (κ1) is 10.9. The summed E-state index contributed by atoms with van der Waals surface area (Å²) in [7, 11) is 0. The molecule has 0 aliphatic heterocycles. The Morgan fingerprint density at radius 2 is 2.17 bits per heavy atom. The molecule has 0 aliphatic carbocycles. The van der Waals surface area contributed by atoms with Crippen molar-refractivity contribution < 1.29 is 4.79 Å². The van der Waals surface area contributed by atoms with Crippen molar-refractivity contribution in [3.8, 4) is 6.07 Å². The van der Waals surface area contributed by atoms with Crippen LogP contribution in [0.4, 0.5) is 0 Å². The maximum atomic E-state index is 11.1. The van der Waals surface area contributed by atoms with Crippen LogP contribution in [0.15, 0.2) is 11.6 Å². The van der Waals surface area contributed by atoms with E-state index in [0.717, 1.165) is 6.42 Å². The molecular formula is C10H15NO. The highest BCUT2D eigenvalue weighted by atomic mass is 16.1. The lowest BCUT2D eigenvalue weighted by Gasteiger charge is -1.98. The van der Waals surface area contributed by atoms with Crippen molar-refractivity contribution in [2.45, 2.75) is 33.6 Å². The van der Waals surface area contributed by atoms with Gasteiger partial charge in [0.25, 0.3) is 0 Å². The number of nitrogens with zero attached hydrogens (tertiary/aromatic N) is 1. The van der Waals surface area contributed by atoms with E-state index in [1.54, 1.807) is 13.0 Å². The second-order valence-corrected chi connectivity index (χ2v) is 3.14. The topological polar surface area (TPSA) is 40.9 Å². The third-order valence-corrected chi connectivity index (χ3v) is 1.54. The summed E-state index contributed by atoms with van der Waals surface area (Å²) in [6.07, 6.45) is 2.95. The van der Waals surface area contributed by atoms with Gasteiger partial charge in [0.2, 0.25) is 0 Å². The van der Waals surface area contributed by atoms with Gasteiger partial charge in [0.05, 0.1) is 5.57 Å². The van der Waals surface area contributed by atoms with Crippen LogP contribution in [0, 0.1) is 17.2 Å². The summed E-state index contributed by atoms with van der Waals surface area (Å²) in [6.45, 7) is 5.88. The van der Waals surface area contributed by atoms with Crippen molar-refractivity contribution in [3.05, 3.63) is 11.6 Å². The molecule has 12 heavy (non-hydrogen) atoms. The van der Waals surface area contributed by atoms with E-state index in [9.17, 15) is 4.79 Å². The first-order chi connectivity index (χ1) is 5.61. The smallest absolute Gasteiger partial charge is 0.172 e. The van der Waals surface area contributed by atoms with E-state index in [2.05, 4.69) is 13.8 Å². The van der Waals surface area contributed by atoms with Gasteiger partial charge in [-0.3, -0.25) is 4.79 Å². The van der Waals surface area contributed by atoms with Crippen LogP contribution in [0.2, 0.25) is 0 Å². The fourth-order valence-corrected chi connectivity index (χ4v) is 0.766. The fraction of sp³-hybridized carbons (Fsp3) is 0.600. The van der Waals surface area contributed by atoms with Gasteiger partial charge in [-0.05, 0) is 12.3 Å². The minimum absolute atomic E-state index is 0.0573. The van der Waals surface area contributed by atoms with E-state index in [0.29, 0.717) is 17.9 Å². The molecule has 0 fully saturated rings. The molecule has 0 N–H and O–H groups in total. The lowest BCUT2D eigenvalue weighted by Crippen LogP contribution is -1.98. The van der Waals surface area contributed by atoms with Crippen LogP contribution < -0.4 is 0 Å². The van der Waals surface area contributed by atoms with Crippen molar-refractivity contribution in [2.24, 2.45) is 5.92 Å². The zero-order chi connectivity index (χ0) is 9.56. The Balaban J connectivity index is 4.26. The number of carbonyl (C=O) groups is 1. The predicted molar refractivity (Wildman–Crippen MR) is 48.4 cm³/mol. The molecule has 0 rings (SSSR count). The van der Waals surface area contributed by atoms with Crippen LogP contribution >= 0.6 is 0 Å². The van der Waals surface area contributed by atoms with Gasteiger partial charge < -0.3 is 0 Å². The summed E-state index contributed by atoms with van der Waals surface area (Å²) >= 11 is 0. The summed E-state index contributed by atoms with van der Waals surface area (Å²) in [6, 6.07) is 1.92. The van der Waals surface area contributed by atoms with Gasteiger partial charge in [-0.1, -0.05) is 26.8 Å². The van der Waals surface area contributed by atoms with Crippen molar-refractivity contribution in [1.82, 2.24) is 0 Å². The standard InChI is InChI=1S/C10H15NO/c1-4-10(12)9(7-11)6-5-8(2)3/h6,8H,4-5H2,1-3H3/b9-6+. The molecule has 0 spiro atoms. The number of carbonyl (C=O) groups excluding carboxylic acids is 1. The highest BCUT2D eigenvalue weighted by molar-refractivity contribution is 5.98. The lowest BCUT2D eigenvalue weighted by atomic mass is 10.1. The van der Waals surface area contributed by atoms with Crippen LogP contribution in [0.25, 0.3) is 0 Å². The quantitative estimate of drug-likeness (QED) is 0.474. The summed E-state index contributed by atoms with van der Waals surface area (Å²) in [5, 5.41) is 8.60. The number of nitriles is 1. The zero-order valence-electron chi connectivity index (χ0n) is 7.92. The molecule has 0 atom stereocenters. The highest BCUT2D eigenvalue weighted by Crippen LogP contribution is 2.06. The molecular weight excluding hydrogens is 150 g/mol. The molecule has 2 heteroatoms. The third kappa shape index (κ3) is 3.92. The average Bonchev–Trinajstić information content (AvgIpc) is 2.04. The van der Waals surface area contributed by atoms with Crippen molar-refractivity contribution in [1.29, 1.82) is 5.26 Å². The molecule has 0 aromatic rings. The summed E-state index contributed by atoms with van der Waals surface area (Å²) in [5.41, 5.74) is 0.311. The van der Waals surface area contributed by atoms with E-state index in [1.165, 1.54) is 0 Å². The Kier molecular flexibility index (Phi) is 5.03. The Bertz CT molecular complexity index is 220. The van der Waals surface area contributed by atoms with Crippen LogP contribution in [-0.2, 0) is 4.79 Å². The molecule has 0 aromatic heterocycles. The maximum Gasteiger partial charge on any atom is 0.172 e. The molecule has 0 saturated carbocycles. The van der Waals surface area contributed by atoms with Gasteiger partial charge >= 0.3 is 0 Å². The van der Waals surface area contributed by atoms with E-state index >= 15 is 0 Å². The normalized spacial score (nSPS) is 11.4. The SMILES string of the molecule is CCC(=O)/C(C#N)=C/CC(C)C. The Morgan fingerprint density at radius 1 is 1.58 bits per heavy atom. The van der Waals surface area contributed by atoms with Gasteiger partial charge in [0, 0.05) is 6.42 Å². The van der Waals surface area contributed by atoms with Gasteiger partial charge in [-0.25, -0.2) is 0 Å². The summed E-state index contributed by atoms with van der Waals surface area (Å²) in [4.78, 5) is 11.1. The lowest BCUT2D eigenvalue weighted by molar-refractivity contribution is -0.114. The Hall–Kier alpha value is -1.10. The van der Waals surface area contributed by atoms with Gasteiger partial charge in [0.15, 0.2) is 5.78 Å². The summed E-state index contributed by atoms with van der Waals surface area (Å²) < 4.78 is 0. The molecule has 0 radical (unpaired) electrons. The summed E-state index contributed by atoms with van der Waals surface area (Å²) in [5.74, 6) is 0.441. The molecule has 0 unspecified atom stereocenters. The predicted octanol–water partition coefficient (Wildman–Crippen LogP) is 2.46. The van der Waals surface area contributed by atoms with E-state index < -0.39 is 0 Å². The van der Waals surface area contributed by atoms with E-state index in [-0.39, 0.29) is 5.78 Å². The number of hydrogen-bond donors (Lipinski definition) is 0. The maximum absolute atomic E-state index is 11.1. The molecule has 0 bridgehead atoms. The minimum Gasteiger partial charge on any atom is -0.293 e. The van der Waals surface area contributed by atoms with Crippen LogP contribution in [-0.4, -0.2) is 5.78 Å². The molecule has 0 amide bonds. The first-order valence-corrected chi connectivity index (χ1v) is 4.25. The van der Waals surface area contributed by atoms with E-state index in [4.69, 9.17) is 5.26 Å². The van der Waals surface area contributed by atoms with Crippen molar-refractivity contribution in [3.63, 3.8) is 0 Å². The Labute approximate surface area is 73.9 Å². The van der Waals surface area contributed by atoms with Gasteiger partial charge in [-0.2, -0.15) is 5.26 Å². The second-order valence-electron chi connectivity index (χ2n) is 3.14. The third-order valence-electron chi connectivity index (χ3n) is 1.54. The molecule has 2 nitrogen and oxygen atoms in total. The van der Waals surface area contributed by atoms with E-state index in [1.807, 2.05) is 6.07 Å². The van der Waals surface area contributed by atoms with Crippen LogP contribution in [0.5, 0.6) is 0 Å². The minimum atomic E-state index is -0.0573.